The van der Waals surface area contributed by atoms with Gasteiger partial charge in [0.25, 0.3) is 0 Å². The van der Waals surface area contributed by atoms with Crippen LogP contribution in [0.15, 0.2) is 0 Å². The summed E-state index contributed by atoms with van der Waals surface area (Å²) in [7, 11) is 0.500. The Morgan fingerprint density at radius 3 is 0.700 bits per heavy atom. The molecule has 0 spiro atoms. The molecule has 0 radical (unpaired) electrons. The molecule has 0 aliphatic rings. The SMILES string of the molecule is C.C.CCF.CF.FCF.FCF.FCF.FCF.FCOF.FOCC(F)(F)F. The quantitative estimate of drug-likeness (QED) is 0.348. The van der Waals surface area contributed by atoms with E-state index in [1.54, 1.807) is 0 Å². The second-order valence-corrected chi connectivity index (χ2v) is 1.76. The Morgan fingerprint density at radius 1 is 0.567 bits per heavy atom. The zero-order valence-corrected chi connectivity index (χ0v) is 14.3. The zero-order valence-electron chi connectivity index (χ0n) is 14.3. The standard InChI is InChI=1S/C2H2F4O.C2H5F.CH2F2O.4CH2F2.CH3F.2CH4/c3-2(4,5)1-7-6;1-2-3;2-1-4-3;4*2-1-3;1-2;;/h1H2;2H2,1H3;1H2;4*1H2;1H3;2*1H4. The van der Waals surface area contributed by atoms with Crippen LogP contribution in [0.25, 0.3) is 0 Å². The van der Waals surface area contributed by atoms with Crippen molar-refractivity contribution in [2.45, 2.75) is 28.0 Å². The molecule has 0 N–H and O–H groups in total. The number of hydrogen-bond donors (Lipinski definition) is 0. The molecule has 0 rings (SSSR count). The van der Waals surface area contributed by atoms with Gasteiger partial charge in [0.05, 0.1) is 13.9 Å². The molecule has 0 aliphatic heterocycles. The van der Waals surface area contributed by atoms with Gasteiger partial charge in [-0.05, 0) is 16.0 Å². The molecule has 0 amide bonds. The normalized spacial score (nSPS) is 7.00. The Bertz CT molecular complexity index is 132. The molecule has 0 saturated carbocycles. The van der Waals surface area contributed by atoms with Crippen LogP contribution in [0.1, 0.15) is 21.8 Å². The van der Waals surface area contributed by atoms with Gasteiger partial charge in [-0.3, -0.25) is 8.78 Å². The smallest absolute Gasteiger partial charge is 0.255 e. The minimum absolute atomic E-state index is 0. The van der Waals surface area contributed by atoms with E-state index < -0.39 is 47.4 Å². The van der Waals surface area contributed by atoms with E-state index in [1.807, 2.05) is 0 Å². The van der Waals surface area contributed by atoms with Gasteiger partial charge in [-0.1, -0.05) is 14.9 Å². The van der Waals surface area contributed by atoms with E-state index in [1.165, 1.54) is 6.92 Å². The van der Waals surface area contributed by atoms with Crippen LogP contribution >= 0.6 is 0 Å². The van der Waals surface area contributed by atoms with Crippen LogP contribution in [0, 0.1) is 0 Å². The summed E-state index contributed by atoms with van der Waals surface area (Å²) in [6.45, 7) is -8.97. The lowest BCUT2D eigenvalue weighted by Crippen LogP contribution is -2.13. The summed E-state index contributed by atoms with van der Waals surface area (Å²) in [5.41, 5.74) is 0. The molecular weight excluding hydrogens is 480 g/mol. The van der Waals surface area contributed by atoms with Crippen molar-refractivity contribution in [2.75, 3.05) is 55.0 Å². The van der Waals surface area contributed by atoms with Gasteiger partial charge in [0.2, 0.25) is 34.6 Å². The van der Waals surface area contributed by atoms with Crippen molar-refractivity contribution in [3.63, 3.8) is 0 Å². The van der Waals surface area contributed by atoms with Gasteiger partial charge in [-0.25, -0.2) is 39.5 Å². The van der Waals surface area contributed by atoms with E-state index in [0.717, 1.165) is 0 Å². The van der Waals surface area contributed by atoms with Gasteiger partial charge >= 0.3 is 6.18 Å². The Morgan fingerprint density at radius 2 is 0.700 bits per heavy atom. The molecule has 30 heavy (non-hydrogen) atoms. The Hall–Kier alpha value is -1.20. The molecule has 0 unspecified atom stereocenters. The third-order valence-electron chi connectivity index (χ3n) is 0.259. The molecule has 0 atom stereocenters. The lowest BCUT2D eigenvalue weighted by molar-refractivity contribution is -0.245. The van der Waals surface area contributed by atoms with E-state index in [0.29, 0.717) is 7.18 Å². The summed E-state index contributed by atoms with van der Waals surface area (Å²) < 4.78 is 159. The first-order valence-corrected chi connectivity index (χ1v) is 5.56. The minimum atomic E-state index is -4.55. The molecule has 0 aliphatic carbocycles. The summed E-state index contributed by atoms with van der Waals surface area (Å²) in [5, 5.41) is 0. The van der Waals surface area contributed by atoms with E-state index in [9.17, 15) is 70.5 Å². The molecule has 0 aromatic rings. The minimum Gasteiger partial charge on any atom is -0.255 e. The fourth-order valence-corrected chi connectivity index (χ4v) is 0.0619. The summed E-state index contributed by atoms with van der Waals surface area (Å²) in [4.78, 5) is 4.66. The number of halogens is 16. The van der Waals surface area contributed by atoms with Gasteiger partial charge < -0.3 is 0 Å². The molecule has 0 heterocycles. The van der Waals surface area contributed by atoms with Crippen LogP contribution in [0.4, 0.5) is 70.5 Å². The first kappa shape index (κ1) is 63.0. The molecule has 0 aromatic carbocycles. The van der Waals surface area contributed by atoms with E-state index in [-0.39, 0.29) is 21.5 Å². The Labute approximate surface area is 164 Å². The highest BCUT2D eigenvalue weighted by atomic mass is 19.4. The highest BCUT2D eigenvalue weighted by Crippen LogP contribution is 2.13. The van der Waals surface area contributed by atoms with Crippen LogP contribution in [0.2, 0.25) is 0 Å². The maximum absolute atomic E-state index is 10.7. The second-order valence-electron chi connectivity index (χ2n) is 1.76. The topological polar surface area (TPSA) is 18.5 Å². The number of hydrogen-bond acceptors (Lipinski definition) is 2. The average molecular weight is 508 g/mol. The first-order chi connectivity index (χ1) is 13.0. The monoisotopic (exact) mass is 508 g/mol. The average Bonchev–Trinajstić information content (AvgIpc) is 2.59. The van der Waals surface area contributed by atoms with Crippen molar-refractivity contribution in [1.29, 1.82) is 0 Å². The predicted molar refractivity (Wildman–Crippen MR) is 81.8 cm³/mol. The van der Waals surface area contributed by atoms with Gasteiger partial charge in [0.1, 0.15) is 0 Å². The highest BCUT2D eigenvalue weighted by molar-refractivity contribution is 4.40. The fraction of sp³-hybridized carbons (Fsp3) is 1.00. The lowest BCUT2D eigenvalue weighted by Gasteiger charge is -1.97. The number of alkyl halides is 14. The van der Waals surface area contributed by atoms with Crippen LogP contribution in [-0.2, 0) is 9.88 Å². The maximum atomic E-state index is 10.7. The Kier molecular flexibility index (Phi) is 220. The lowest BCUT2D eigenvalue weighted by atomic mass is 10.7. The largest absolute Gasteiger partial charge is 0.415 e. The molecular formula is C12H28F16O2. The van der Waals surface area contributed by atoms with Crippen molar-refractivity contribution in [1.82, 2.24) is 0 Å². The molecule has 0 aromatic heterocycles. The highest BCUT2D eigenvalue weighted by Gasteiger charge is 2.27. The van der Waals surface area contributed by atoms with Gasteiger partial charge in [-0.2, -0.15) is 23.1 Å². The zero-order chi connectivity index (χ0) is 24.9. The summed E-state index contributed by atoms with van der Waals surface area (Å²) in [6, 6.07) is 0. The van der Waals surface area contributed by atoms with E-state index in [4.69, 9.17) is 0 Å². The van der Waals surface area contributed by atoms with E-state index in [2.05, 4.69) is 9.88 Å². The van der Waals surface area contributed by atoms with Crippen molar-refractivity contribution < 1.29 is 80.4 Å². The maximum Gasteiger partial charge on any atom is 0.415 e. The van der Waals surface area contributed by atoms with Gasteiger partial charge in [-0.15, -0.1) is 0 Å². The molecule has 0 bridgehead atoms. The molecule has 200 valence electrons. The summed E-state index contributed by atoms with van der Waals surface area (Å²) in [5.74, 6) is 0. The predicted octanol–water partition coefficient (Wildman–Crippen LogP) is 8.63. The molecule has 18 heteroatoms. The third kappa shape index (κ3) is 1240. The number of rotatable bonds is 2. The van der Waals surface area contributed by atoms with E-state index >= 15 is 0 Å². The fourth-order valence-electron chi connectivity index (χ4n) is 0.0619. The van der Waals surface area contributed by atoms with Crippen LogP contribution in [-0.4, -0.2) is 61.2 Å². The van der Waals surface area contributed by atoms with Gasteiger partial charge in [0.15, 0.2) is 6.61 Å². The second kappa shape index (κ2) is 105. The van der Waals surface area contributed by atoms with Crippen LogP contribution < -0.4 is 0 Å². The molecule has 0 fully saturated rings. The Balaban J connectivity index is -0.0000000196. The van der Waals surface area contributed by atoms with Crippen molar-refractivity contribution in [3.8, 4) is 0 Å². The van der Waals surface area contributed by atoms with Gasteiger partial charge in [0, 0.05) is 0 Å². The van der Waals surface area contributed by atoms with Crippen molar-refractivity contribution in [2.24, 2.45) is 0 Å². The molecule has 2 nitrogen and oxygen atoms in total. The van der Waals surface area contributed by atoms with Crippen molar-refractivity contribution in [3.05, 3.63) is 0 Å². The third-order valence-corrected chi connectivity index (χ3v) is 0.259. The summed E-state index contributed by atoms with van der Waals surface area (Å²) in [6.07, 6.45) is -4.55. The van der Waals surface area contributed by atoms with Crippen LogP contribution in [0.5, 0.6) is 0 Å². The molecule has 0 saturated heterocycles. The van der Waals surface area contributed by atoms with Crippen LogP contribution in [0.3, 0.4) is 0 Å². The first-order valence-electron chi connectivity index (χ1n) is 5.56. The van der Waals surface area contributed by atoms with Crippen molar-refractivity contribution >= 4 is 0 Å². The summed E-state index contributed by atoms with van der Waals surface area (Å²) >= 11 is 0.